The Balaban J connectivity index is 2.06. The highest BCUT2D eigenvalue weighted by molar-refractivity contribution is 5.33. The smallest absolute Gasteiger partial charge is 0.123 e. The number of H-pyrrole nitrogens is 1. The molecule has 0 aliphatic rings. The number of aromatic nitrogens is 2. The average molecular weight is 273 g/mol. The van der Waals surface area contributed by atoms with Crippen molar-refractivity contribution in [1.29, 1.82) is 0 Å². The SMILES string of the molecule is CCOc1ccccc1CN(CC)Cc1cc(C)[nH]n1. The highest BCUT2D eigenvalue weighted by Crippen LogP contribution is 2.20. The van der Waals surface area contributed by atoms with Crippen molar-refractivity contribution in [3.8, 4) is 5.75 Å². The summed E-state index contributed by atoms with van der Waals surface area (Å²) >= 11 is 0. The Hall–Kier alpha value is -1.81. The first-order valence-corrected chi connectivity index (χ1v) is 7.16. The van der Waals surface area contributed by atoms with Crippen molar-refractivity contribution in [1.82, 2.24) is 15.1 Å². The van der Waals surface area contributed by atoms with Gasteiger partial charge in [-0.05, 0) is 32.5 Å². The predicted octanol–water partition coefficient (Wildman–Crippen LogP) is 3.14. The lowest BCUT2D eigenvalue weighted by Crippen LogP contribution is -2.23. The van der Waals surface area contributed by atoms with E-state index in [1.54, 1.807) is 0 Å². The molecule has 0 saturated heterocycles. The molecule has 0 unspecified atom stereocenters. The lowest BCUT2D eigenvalue weighted by molar-refractivity contribution is 0.259. The Morgan fingerprint density at radius 2 is 2.00 bits per heavy atom. The molecule has 2 aromatic rings. The Morgan fingerprint density at radius 1 is 1.20 bits per heavy atom. The molecule has 0 aliphatic carbocycles. The number of para-hydroxylation sites is 1. The fraction of sp³-hybridized carbons (Fsp3) is 0.438. The molecule has 0 amide bonds. The Morgan fingerprint density at radius 3 is 2.65 bits per heavy atom. The van der Waals surface area contributed by atoms with Gasteiger partial charge < -0.3 is 4.74 Å². The number of rotatable bonds is 7. The summed E-state index contributed by atoms with van der Waals surface area (Å²) in [6.07, 6.45) is 0. The Labute approximate surface area is 120 Å². The van der Waals surface area contributed by atoms with E-state index in [-0.39, 0.29) is 0 Å². The Kier molecular flexibility index (Phi) is 5.18. The zero-order chi connectivity index (χ0) is 14.4. The molecule has 0 aliphatic heterocycles. The van der Waals surface area contributed by atoms with E-state index < -0.39 is 0 Å². The van der Waals surface area contributed by atoms with Crippen molar-refractivity contribution in [2.24, 2.45) is 0 Å². The zero-order valence-electron chi connectivity index (χ0n) is 12.5. The molecule has 0 atom stereocenters. The summed E-state index contributed by atoms with van der Waals surface area (Å²) in [5, 5.41) is 7.30. The third-order valence-electron chi connectivity index (χ3n) is 3.26. The lowest BCUT2D eigenvalue weighted by atomic mass is 10.2. The molecule has 0 radical (unpaired) electrons. The molecular formula is C16H23N3O. The monoisotopic (exact) mass is 273 g/mol. The highest BCUT2D eigenvalue weighted by Gasteiger charge is 2.10. The summed E-state index contributed by atoms with van der Waals surface area (Å²) in [4.78, 5) is 2.35. The van der Waals surface area contributed by atoms with Gasteiger partial charge in [0.15, 0.2) is 0 Å². The summed E-state index contributed by atoms with van der Waals surface area (Å²) in [7, 11) is 0. The second-order valence-electron chi connectivity index (χ2n) is 4.89. The van der Waals surface area contributed by atoms with Crippen LogP contribution in [0.3, 0.4) is 0 Å². The number of ether oxygens (including phenoxy) is 1. The van der Waals surface area contributed by atoms with Crippen LogP contribution in [0.2, 0.25) is 0 Å². The first kappa shape index (κ1) is 14.6. The van der Waals surface area contributed by atoms with E-state index in [0.717, 1.165) is 36.8 Å². The molecule has 4 nitrogen and oxygen atoms in total. The topological polar surface area (TPSA) is 41.1 Å². The number of benzene rings is 1. The van der Waals surface area contributed by atoms with Crippen LogP contribution in [-0.4, -0.2) is 28.2 Å². The fourth-order valence-corrected chi connectivity index (χ4v) is 2.24. The van der Waals surface area contributed by atoms with Crippen LogP contribution in [0.25, 0.3) is 0 Å². The molecule has 0 fully saturated rings. The minimum absolute atomic E-state index is 0.696. The third kappa shape index (κ3) is 3.84. The molecule has 0 bridgehead atoms. The number of nitrogens with one attached hydrogen (secondary N) is 1. The van der Waals surface area contributed by atoms with Gasteiger partial charge in [-0.1, -0.05) is 25.1 Å². The van der Waals surface area contributed by atoms with E-state index in [4.69, 9.17) is 4.74 Å². The van der Waals surface area contributed by atoms with Crippen LogP contribution in [0.5, 0.6) is 5.75 Å². The summed E-state index contributed by atoms with van der Waals surface area (Å²) in [6.45, 7) is 9.61. The van der Waals surface area contributed by atoms with E-state index in [9.17, 15) is 0 Å². The van der Waals surface area contributed by atoms with E-state index in [1.807, 2.05) is 26.0 Å². The number of hydrogen-bond donors (Lipinski definition) is 1. The van der Waals surface area contributed by atoms with Crippen molar-refractivity contribution in [2.75, 3.05) is 13.2 Å². The summed E-state index contributed by atoms with van der Waals surface area (Å²) in [5.74, 6) is 0.978. The van der Waals surface area contributed by atoms with Gasteiger partial charge in [-0.2, -0.15) is 5.10 Å². The van der Waals surface area contributed by atoms with Gasteiger partial charge in [0.05, 0.1) is 12.3 Å². The van der Waals surface area contributed by atoms with Gasteiger partial charge in [0.1, 0.15) is 5.75 Å². The molecule has 2 rings (SSSR count). The summed E-state index contributed by atoms with van der Waals surface area (Å²) in [6, 6.07) is 10.3. The summed E-state index contributed by atoms with van der Waals surface area (Å²) < 4.78 is 5.69. The summed E-state index contributed by atoms with van der Waals surface area (Å²) in [5.41, 5.74) is 3.41. The van der Waals surface area contributed by atoms with Gasteiger partial charge in [0.25, 0.3) is 0 Å². The van der Waals surface area contributed by atoms with Gasteiger partial charge in [-0.15, -0.1) is 0 Å². The second-order valence-corrected chi connectivity index (χ2v) is 4.89. The third-order valence-corrected chi connectivity index (χ3v) is 3.26. The largest absolute Gasteiger partial charge is 0.494 e. The molecule has 1 heterocycles. The van der Waals surface area contributed by atoms with Crippen molar-refractivity contribution in [3.05, 3.63) is 47.3 Å². The van der Waals surface area contributed by atoms with E-state index in [0.29, 0.717) is 6.61 Å². The molecule has 108 valence electrons. The molecule has 1 N–H and O–H groups in total. The van der Waals surface area contributed by atoms with Crippen LogP contribution in [0.4, 0.5) is 0 Å². The molecule has 0 saturated carbocycles. The van der Waals surface area contributed by atoms with Crippen LogP contribution >= 0.6 is 0 Å². The van der Waals surface area contributed by atoms with Gasteiger partial charge in [-0.3, -0.25) is 10.00 Å². The molecule has 1 aromatic heterocycles. The first-order chi connectivity index (χ1) is 9.72. The van der Waals surface area contributed by atoms with Crippen LogP contribution in [0.15, 0.2) is 30.3 Å². The van der Waals surface area contributed by atoms with E-state index in [1.165, 1.54) is 5.56 Å². The van der Waals surface area contributed by atoms with Crippen LogP contribution in [0.1, 0.15) is 30.8 Å². The average Bonchev–Trinajstić information content (AvgIpc) is 2.86. The number of aryl methyl sites for hydroxylation is 1. The highest BCUT2D eigenvalue weighted by atomic mass is 16.5. The van der Waals surface area contributed by atoms with E-state index >= 15 is 0 Å². The van der Waals surface area contributed by atoms with Crippen molar-refractivity contribution < 1.29 is 4.74 Å². The Bertz CT molecular complexity index is 536. The maximum Gasteiger partial charge on any atom is 0.123 e. The minimum Gasteiger partial charge on any atom is -0.494 e. The van der Waals surface area contributed by atoms with Gasteiger partial charge in [0.2, 0.25) is 0 Å². The van der Waals surface area contributed by atoms with Gasteiger partial charge in [-0.25, -0.2) is 0 Å². The van der Waals surface area contributed by atoms with Crippen LogP contribution in [-0.2, 0) is 13.1 Å². The molecular weight excluding hydrogens is 250 g/mol. The number of hydrogen-bond acceptors (Lipinski definition) is 3. The quantitative estimate of drug-likeness (QED) is 0.842. The van der Waals surface area contributed by atoms with Gasteiger partial charge >= 0.3 is 0 Å². The molecule has 20 heavy (non-hydrogen) atoms. The molecule has 4 heteroatoms. The maximum atomic E-state index is 5.69. The second kappa shape index (κ2) is 7.10. The first-order valence-electron chi connectivity index (χ1n) is 7.16. The van der Waals surface area contributed by atoms with Crippen molar-refractivity contribution >= 4 is 0 Å². The molecule has 0 spiro atoms. The van der Waals surface area contributed by atoms with Crippen molar-refractivity contribution in [3.63, 3.8) is 0 Å². The fourth-order valence-electron chi connectivity index (χ4n) is 2.24. The lowest BCUT2D eigenvalue weighted by Gasteiger charge is -2.21. The minimum atomic E-state index is 0.696. The number of aromatic amines is 1. The van der Waals surface area contributed by atoms with Crippen LogP contribution in [0, 0.1) is 6.92 Å². The van der Waals surface area contributed by atoms with Crippen LogP contribution < -0.4 is 4.74 Å². The normalized spacial score (nSPS) is 11.0. The standard InChI is InChI=1S/C16H23N3O/c1-4-19(12-15-10-13(3)17-18-15)11-14-8-6-7-9-16(14)20-5-2/h6-10H,4-5,11-12H2,1-3H3,(H,17,18). The molecule has 1 aromatic carbocycles. The zero-order valence-corrected chi connectivity index (χ0v) is 12.5. The maximum absolute atomic E-state index is 5.69. The van der Waals surface area contributed by atoms with E-state index in [2.05, 4.69) is 40.2 Å². The van der Waals surface area contributed by atoms with Crippen molar-refractivity contribution in [2.45, 2.75) is 33.9 Å². The predicted molar refractivity (Wildman–Crippen MR) is 80.7 cm³/mol. The number of nitrogens with zero attached hydrogens (tertiary/aromatic N) is 2. The van der Waals surface area contributed by atoms with Gasteiger partial charge in [0, 0.05) is 24.3 Å².